The molecule has 2 aromatic heterocycles. The number of aromatic nitrogens is 2. The highest BCUT2D eigenvalue weighted by molar-refractivity contribution is 7.12. The molecule has 0 aromatic carbocycles. The first kappa shape index (κ1) is 13.7. The van der Waals surface area contributed by atoms with Crippen molar-refractivity contribution >= 4 is 17.3 Å². The molecule has 102 valence electrons. The standard InChI is InChI=1S/C13H16N2O3S/c1-4-17-13(16)10-9(7-8(2)3)18-11(15-10)12-14-5-6-19-12/h5-6,8H,4,7H2,1-3H3. The van der Waals surface area contributed by atoms with Gasteiger partial charge in [-0.05, 0) is 12.8 Å². The van der Waals surface area contributed by atoms with E-state index in [1.807, 2.05) is 5.38 Å². The maximum atomic E-state index is 11.9. The lowest BCUT2D eigenvalue weighted by Crippen LogP contribution is -2.09. The van der Waals surface area contributed by atoms with Crippen LogP contribution in [0.25, 0.3) is 10.9 Å². The van der Waals surface area contributed by atoms with E-state index in [1.54, 1.807) is 13.1 Å². The fourth-order valence-electron chi connectivity index (χ4n) is 1.64. The topological polar surface area (TPSA) is 65.2 Å². The van der Waals surface area contributed by atoms with Gasteiger partial charge in [0.05, 0.1) is 6.61 Å². The average molecular weight is 280 g/mol. The van der Waals surface area contributed by atoms with Gasteiger partial charge in [-0.15, -0.1) is 11.3 Å². The first-order valence-corrected chi connectivity index (χ1v) is 7.06. The van der Waals surface area contributed by atoms with E-state index in [0.717, 1.165) is 0 Å². The summed E-state index contributed by atoms with van der Waals surface area (Å²) in [6.07, 6.45) is 2.32. The fourth-order valence-corrected chi connectivity index (χ4v) is 2.20. The first-order valence-electron chi connectivity index (χ1n) is 6.18. The molecule has 0 N–H and O–H groups in total. The summed E-state index contributed by atoms with van der Waals surface area (Å²) in [6, 6.07) is 0. The van der Waals surface area contributed by atoms with Gasteiger partial charge in [-0.1, -0.05) is 13.8 Å². The third-order valence-electron chi connectivity index (χ3n) is 2.38. The molecule has 0 bridgehead atoms. The van der Waals surface area contributed by atoms with Gasteiger partial charge in [-0.3, -0.25) is 0 Å². The van der Waals surface area contributed by atoms with E-state index in [1.165, 1.54) is 11.3 Å². The normalized spacial score (nSPS) is 10.9. The molecule has 0 unspecified atom stereocenters. The lowest BCUT2D eigenvalue weighted by molar-refractivity contribution is 0.0517. The minimum atomic E-state index is -0.440. The SMILES string of the molecule is CCOC(=O)c1nc(-c2nccs2)oc1CC(C)C. The summed E-state index contributed by atoms with van der Waals surface area (Å²) in [6.45, 7) is 6.20. The monoisotopic (exact) mass is 280 g/mol. The van der Waals surface area contributed by atoms with E-state index < -0.39 is 5.97 Å². The highest BCUT2D eigenvalue weighted by atomic mass is 32.1. The Morgan fingerprint density at radius 2 is 2.32 bits per heavy atom. The largest absolute Gasteiger partial charge is 0.461 e. The summed E-state index contributed by atoms with van der Waals surface area (Å²) in [5, 5.41) is 2.51. The minimum Gasteiger partial charge on any atom is -0.461 e. The van der Waals surface area contributed by atoms with Gasteiger partial charge in [-0.2, -0.15) is 4.98 Å². The van der Waals surface area contributed by atoms with Gasteiger partial charge in [0.2, 0.25) is 0 Å². The first-order chi connectivity index (χ1) is 9.11. The van der Waals surface area contributed by atoms with Crippen LogP contribution in [-0.2, 0) is 11.2 Å². The third-order valence-corrected chi connectivity index (χ3v) is 3.14. The summed E-state index contributed by atoms with van der Waals surface area (Å²) < 4.78 is 10.7. The lowest BCUT2D eigenvalue weighted by atomic mass is 10.1. The molecule has 0 aliphatic rings. The van der Waals surface area contributed by atoms with Crippen molar-refractivity contribution in [2.75, 3.05) is 6.61 Å². The second-order valence-corrected chi connectivity index (χ2v) is 5.34. The van der Waals surface area contributed by atoms with Crippen LogP contribution in [0.15, 0.2) is 16.0 Å². The van der Waals surface area contributed by atoms with Crippen molar-refractivity contribution in [3.05, 3.63) is 23.0 Å². The zero-order valence-electron chi connectivity index (χ0n) is 11.2. The summed E-state index contributed by atoms with van der Waals surface area (Å²) in [5.41, 5.74) is 0.265. The second kappa shape index (κ2) is 5.97. The summed E-state index contributed by atoms with van der Waals surface area (Å²) >= 11 is 1.42. The van der Waals surface area contributed by atoms with Crippen LogP contribution in [0.1, 0.15) is 37.0 Å². The zero-order chi connectivity index (χ0) is 13.8. The van der Waals surface area contributed by atoms with Gasteiger partial charge in [0, 0.05) is 18.0 Å². The van der Waals surface area contributed by atoms with Crippen molar-refractivity contribution in [2.24, 2.45) is 5.92 Å². The Kier molecular flexibility index (Phi) is 4.31. The number of hydrogen-bond donors (Lipinski definition) is 0. The van der Waals surface area contributed by atoms with Crippen molar-refractivity contribution in [1.82, 2.24) is 9.97 Å². The van der Waals surface area contributed by atoms with Crippen LogP contribution in [0.2, 0.25) is 0 Å². The molecule has 0 fully saturated rings. The predicted octanol–water partition coefficient (Wildman–Crippen LogP) is 3.17. The van der Waals surface area contributed by atoms with Crippen LogP contribution in [0.4, 0.5) is 0 Å². The van der Waals surface area contributed by atoms with Gasteiger partial charge in [-0.25, -0.2) is 9.78 Å². The number of carbonyl (C=O) groups excluding carboxylic acids is 1. The Bertz CT molecular complexity index is 546. The van der Waals surface area contributed by atoms with E-state index in [-0.39, 0.29) is 5.69 Å². The van der Waals surface area contributed by atoms with Crippen molar-refractivity contribution in [3.8, 4) is 10.9 Å². The van der Waals surface area contributed by atoms with E-state index in [9.17, 15) is 4.79 Å². The molecule has 0 amide bonds. The molecule has 5 nitrogen and oxygen atoms in total. The van der Waals surface area contributed by atoms with Crippen LogP contribution >= 0.6 is 11.3 Å². The number of thiazole rings is 1. The summed E-state index contributed by atoms with van der Waals surface area (Å²) in [5.74, 6) is 0.877. The highest BCUT2D eigenvalue weighted by Gasteiger charge is 2.23. The quantitative estimate of drug-likeness (QED) is 0.787. The number of nitrogens with zero attached hydrogens (tertiary/aromatic N) is 2. The zero-order valence-corrected chi connectivity index (χ0v) is 12.0. The van der Waals surface area contributed by atoms with Crippen molar-refractivity contribution in [2.45, 2.75) is 27.2 Å². The van der Waals surface area contributed by atoms with Crippen LogP contribution in [-0.4, -0.2) is 22.5 Å². The smallest absolute Gasteiger partial charge is 0.360 e. The number of ether oxygens (including phenoxy) is 1. The molecule has 0 radical (unpaired) electrons. The van der Waals surface area contributed by atoms with Crippen molar-refractivity contribution in [3.63, 3.8) is 0 Å². The Morgan fingerprint density at radius 1 is 1.53 bits per heavy atom. The molecule has 0 saturated heterocycles. The third kappa shape index (κ3) is 3.20. The molecule has 0 saturated carbocycles. The van der Waals surface area contributed by atoms with Gasteiger partial charge < -0.3 is 9.15 Å². The molecule has 19 heavy (non-hydrogen) atoms. The Hall–Kier alpha value is -1.69. The Labute approximate surface area is 115 Å². The molecule has 0 aliphatic heterocycles. The Morgan fingerprint density at radius 3 is 2.89 bits per heavy atom. The number of esters is 1. The van der Waals surface area contributed by atoms with E-state index in [4.69, 9.17) is 9.15 Å². The summed E-state index contributed by atoms with van der Waals surface area (Å²) in [7, 11) is 0. The van der Waals surface area contributed by atoms with Crippen molar-refractivity contribution in [1.29, 1.82) is 0 Å². The van der Waals surface area contributed by atoms with Crippen LogP contribution in [0.3, 0.4) is 0 Å². The lowest BCUT2D eigenvalue weighted by Gasteiger charge is -2.03. The number of hydrogen-bond acceptors (Lipinski definition) is 6. The number of oxazole rings is 1. The molecule has 2 rings (SSSR count). The maximum Gasteiger partial charge on any atom is 0.360 e. The highest BCUT2D eigenvalue weighted by Crippen LogP contribution is 2.25. The number of carbonyl (C=O) groups is 1. The van der Waals surface area contributed by atoms with Gasteiger partial charge in [0.1, 0.15) is 5.76 Å². The van der Waals surface area contributed by atoms with E-state index in [0.29, 0.717) is 35.6 Å². The maximum absolute atomic E-state index is 11.9. The summed E-state index contributed by atoms with van der Waals surface area (Å²) in [4.78, 5) is 20.2. The molecule has 0 aliphatic carbocycles. The molecule has 2 aromatic rings. The molecular weight excluding hydrogens is 264 g/mol. The van der Waals surface area contributed by atoms with E-state index >= 15 is 0 Å². The van der Waals surface area contributed by atoms with Gasteiger partial charge >= 0.3 is 5.97 Å². The van der Waals surface area contributed by atoms with Crippen LogP contribution in [0.5, 0.6) is 0 Å². The molecule has 0 spiro atoms. The molecule has 2 heterocycles. The van der Waals surface area contributed by atoms with Gasteiger partial charge in [0.15, 0.2) is 10.7 Å². The molecular formula is C13H16N2O3S. The van der Waals surface area contributed by atoms with Crippen LogP contribution < -0.4 is 0 Å². The van der Waals surface area contributed by atoms with Crippen LogP contribution in [0, 0.1) is 5.92 Å². The average Bonchev–Trinajstić information content (AvgIpc) is 2.96. The minimum absolute atomic E-state index is 0.265. The Balaban J connectivity index is 2.36. The predicted molar refractivity (Wildman–Crippen MR) is 72.1 cm³/mol. The molecule has 0 atom stereocenters. The van der Waals surface area contributed by atoms with E-state index in [2.05, 4.69) is 23.8 Å². The molecule has 6 heteroatoms. The number of rotatable bonds is 5. The second-order valence-electron chi connectivity index (χ2n) is 4.45. The van der Waals surface area contributed by atoms with Gasteiger partial charge in [0.25, 0.3) is 5.89 Å². The fraction of sp³-hybridized carbons (Fsp3) is 0.462. The van der Waals surface area contributed by atoms with Crippen molar-refractivity contribution < 1.29 is 13.9 Å².